The summed E-state index contributed by atoms with van der Waals surface area (Å²) in [5.41, 5.74) is 3.90. The molecule has 0 aromatic heterocycles. The lowest BCUT2D eigenvalue weighted by molar-refractivity contribution is -0.0155. The van der Waals surface area contributed by atoms with Gasteiger partial charge in [-0.25, -0.2) is 0 Å². The summed E-state index contributed by atoms with van der Waals surface area (Å²) in [7, 11) is 1.78. The number of benzene rings is 1. The van der Waals surface area contributed by atoms with Crippen LogP contribution in [0.25, 0.3) is 0 Å². The van der Waals surface area contributed by atoms with Gasteiger partial charge >= 0.3 is 0 Å². The largest absolute Gasteiger partial charge is 0.497 e. The Morgan fingerprint density at radius 2 is 1.95 bits per heavy atom. The average Bonchev–Trinajstić information content (AvgIpc) is 2.46. The van der Waals surface area contributed by atoms with Gasteiger partial charge in [-0.05, 0) is 71.6 Å². The van der Waals surface area contributed by atoms with Crippen molar-refractivity contribution in [1.29, 1.82) is 0 Å². The Labute approximate surface area is 130 Å². The van der Waals surface area contributed by atoms with Gasteiger partial charge < -0.3 is 4.74 Å². The zero-order valence-corrected chi connectivity index (χ0v) is 14.3. The van der Waals surface area contributed by atoms with Gasteiger partial charge in [-0.1, -0.05) is 40.2 Å². The number of rotatable bonds is 2. The first kappa shape index (κ1) is 14.9. The van der Waals surface area contributed by atoms with Gasteiger partial charge in [0.2, 0.25) is 0 Å². The summed E-state index contributed by atoms with van der Waals surface area (Å²) in [6.45, 7) is 9.93. The van der Waals surface area contributed by atoms with E-state index >= 15 is 0 Å². The molecule has 2 aliphatic rings. The molecule has 1 saturated carbocycles. The van der Waals surface area contributed by atoms with Crippen molar-refractivity contribution in [3.05, 3.63) is 29.3 Å². The highest BCUT2D eigenvalue weighted by Gasteiger charge is 2.52. The van der Waals surface area contributed by atoms with Gasteiger partial charge in [0.15, 0.2) is 0 Å². The quantitative estimate of drug-likeness (QED) is 0.711. The van der Waals surface area contributed by atoms with Crippen LogP contribution in [0.5, 0.6) is 5.75 Å². The maximum atomic E-state index is 5.50. The van der Waals surface area contributed by atoms with Crippen LogP contribution < -0.4 is 4.74 Å². The van der Waals surface area contributed by atoms with Crippen LogP contribution in [0.4, 0.5) is 0 Å². The molecule has 0 N–H and O–H groups in total. The molecule has 1 aromatic carbocycles. The van der Waals surface area contributed by atoms with Crippen LogP contribution in [0.1, 0.15) is 64.5 Å². The molecule has 0 amide bonds. The normalized spacial score (nSPS) is 34.0. The number of hydrogen-bond donors (Lipinski definition) is 0. The van der Waals surface area contributed by atoms with E-state index < -0.39 is 0 Å². The lowest BCUT2D eigenvalue weighted by Gasteiger charge is -2.57. The Hall–Kier alpha value is -0.980. The third-order valence-electron chi connectivity index (χ3n) is 6.86. The maximum absolute atomic E-state index is 5.50. The molecule has 2 aliphatic carbocycles. The second kappa shape index (κ2) is 5.04. The van der Waals surface area contributed by atoms with Crippen LogP contribution in [0, 0.1) is 17.3 Å². The molecular formula is C20H30O. The number of aryl methyl sites for hydroxylation is 1. The van der Waals surface area contributed by atoms with Crippen LogP contribution in [0.3, 0.4) is 0 Å². The predicted octanol–water partition coefficient (Wildman–Crippen LogP) is 5.36. The first-order valence-electron chi connectivity index (χ1n) is 8.61. The van der Waals surface area contributed by atoms with E-state index in [1.54, 1.807) is 18.2 Å². The summed E-state index contributed by atoms with van der Waals surface area (Å²) in [6, 6.07) is 6.75. The van der Waals surface area contributed by atoms with E-state index in [9.17, 15) is 0 Å². The molecule has 3 unspecified atom stereocenters. The zero-order valence-electron chi connectivity index (χ0n) is 14.3. The van der Waals surface area contributed by atoms with Crippen LogP contribution in [0.15, 0.2) is 18.2 Å². The van der Waals surface area contributed by atoms with Gasteiger partial charge in [0.1, 0.15) is 5.75 Å². The molecule has 1 heteroatoms. The van der Waals surface area contributed by atoms with Crippen molar-refractivity contribution in [3.63, 3.8) is 0 Å². The van der Waals surface area contributed by atoms with Crippen LogP contribution in [-0.2, 0) is 11.8 Å². The smallest absolute Gasteiger partial charge is 0.119 e. The van der Waals surface area contributed by atoms with Crippen molar-refractivity contribution >= 4 is 0 Å². The SMILES string of the molecule is CCC1CCC2(C)c3cc(OC)ccc3CCC2C1(C)C. The molecule has 21 heavy (non-hydrogen) atoms. The van der Waals surface area contributed by atoms with Gasteiger partial charge in [-0.15, -0.1) is 0 Å². The van der Waals surface area contributed by atoms with Gasteiger partial charge in [-0.2, -0.15) is 0 Å². The van der Waals surface area contributed by atoms with E-state index in [1.807, 2.05) is 0 Å². The standard InChI is InChI=1S/C20H30O/c1-6-15-11-12-20(4)17-13-16(21-5)9-7-14(17)8-10-18(20)19(15,2)3/h7,9,13,15,18H,6,8,10-12H2,1-5H3. The minimum Gasteiger partial charge on any atom is -0.497 e. The van der Waals surface area contributed by atoms with Crippen molar-refractivity contribution in [1.82, 2.24) is 0 Å². The highest BCUT2D eigenvalue weighted by Crippen LogP contribution is 2.59. The Bertz CT molecular complexity index is 531. The van der Waals surface area contributed by atoms with E-state index in [1.165, 1.54) is 32.1 Å². The van der Waals surface area contributed by atoms with E-state index in [-0.39, 0.29) is 0 Å². The van der Waals surface area contributed by atoms with Crippen molar-refractivity contribution in [2.75, 3.05) is 7.11 Å². The Balaban J connectivity index is 2.07. The van der Waals surface area contributed by atoms with Crippen molar-refractivity contribution in [2.45, 2.75) is 65.2 Å². The zero-order chi connectivity index (χ0) is 15.3. The maximum Gasteiger partial charge on any atom is 0.119 e. The average molecular weight is 286 g/mol. The molecule has 3 rings (SSSR count). The number of ether oxygens (including phenoxy) is 1. The number of fused-ring (bicyclic) bond motifs is 3. The molecule has 0 heterocycles. The van der Waals surface area contributed by atoms with E-state index in [4.69, 9.17) is 4.74 Å². The third-order valence-corrected chi connectivity index (χ3v) is 6.86. The highest BCUT2D eigenvalue weighted by molar-refractivity contribution is 5.43. The molecule has 0 radical (unpaired) electrons. The Morgan fingerprint density at radius 1 is 1.19 bits per heavy atom. The van der Waals surface area contributed by atoms with Gasteiger partial charge in [0, 0.05) is 0 Å². The molecular weight excluding hydrogens is 256 g/mol. The van der Waals surface area contributed by atoms with Crippen LogP contribution >= 0.6 is 0 Å². The lowest BCUT2D eigenvalue weighted by Crippen LogP contribution is -2.51. The van der Waals surface area contributed by atoms with Gasteiger partial charge in [-0.3, -0.25) is 0 Å². The van der Waals surface area contributed by atoms with E-state index in [0.29, 0.717) is 10.8 Å². The molecule has 1 fully saturated rings. The topological polar surface area (TPSA) is 9.23 Å². The molecule has 0 saturated heterocycles. The summed E-state index contributed by atoms with van der Waals surface area (Å²) in [5, 5.41) is 0. The minimum absolute atomic E-state index is 0.331. The van der Waals surface area contributed by atoms with Crippen LogP contribution in [0.2, 0.25) is 0 Å². The van der Waals surface area contributed by atoms with Gasteiger partial charge in [0.05, 0.1) is 7.11 Å². The molecule has 0 spiro atoms. The minimum atomic E-state index is 0.331. The fourth-order valence-electron chi connectivity index (χ4n) is 5.60. The second-order valence-electron chi connectivity index (χ2n) is 8.00. The molecule has 0 bridgehead atoms. The van der Waals surface area contributed by atoms with Crippen molar-refractivity contribution in [3.8, 4) is 5.75 Å². The third kappa shape index (κ3) is 2.12. The lowest BCUT2D eigenvalue weighted by atomic mass is 9.47. The number of methoxy groups -OCH3 is 1. The number of hydrogen-bond acceptors (Lipinski definition) is 1. The Morgan fingerprint density at radius 3 is 2.62 bits per heavy atom. The summed E-state index contributed by atoms with van der Waals surface area (Å²) < 4.78 is 5.50. The Kier molecular flexibility index (Phi) is 3.58. The second-order valence-corrected chi connectivity index (χ2v) is 8.00. The molecule has 116 valence electrons. The summed E-state index contributed by atoms with van der Waals surface area (Å²) in [4.78, 5) is 0. The van der Waals surface area contributed by atoms with E-state index in [0.717, 1.165) is 17.6 Å². The first-order valence-corrected chi connectivity index (χ1v) is 8.61. The molecule has 0 aliphatic heterocycles. The van der Waals surface area contributed by atoms with Gasteiger partial charge in [0.25, 0.3) is 0 Å². The first-order chi connectivity index (χ1) is 9.93. The summed E-state index contributed by atoms with van der Waals surface area (Å²) in [6.07, 6.45) is 6.61. The molecule has 1 nitrogen and oxygen atoms in total. The van der Waals surface area contributed by atoms with E-state index in [2.05, 4.69) is 45.9 Å². The molecule has 3 atom stereocenters. The monoisotopic (exact) mass is 286 g/mol. The summed E-state index contributed by atoms with van der Waals surface area (Å²) in [5.74, 6) is 2.69. The fourth-order valence-corrected chi connectivity index (χ4v) is 5.60. The van der Waals surface area contributed by atoms with Crippen LogP contribution in [-0.4, -0.2) is 7.11 Å². The predicted molar refractivity (Wildman–Crippen MR) is 89.0 cm³/mol. The summed E-state index contributed by atoms with van der Waals surface area (Å²) >= 11 is 0. The highest BCUT2D eigenvalue weighted by atomic mass is 16.5. The molecule has 1 aromatic rings. The van der Waals surface area contributed by atoms with Crippen molar-refractivity contribution < 1.29 is 4.74 Å². The fraction of sp³-hybridized carbons (Fsp3) is 0.700. The van der Waals surface area contributed by atoms with Crippen molar-refractivity contribution in [2.24, 2.45) is 17.3 Å².